The van der Waals surface area contributed by atoms with Gasteiger partial charge in [-0.15, -0.1) is 24.0 Å². The van der Waals surface area contributed by atoms with E-state index in [1.54, 1.807) is 7.11 Å². The molecule has 1 unspecified atom stereocenters. The summed E-state index contributed by atoms with van der Waals surface area (Å²) in [6.07, 6.45) is 2.15. The van der Waals surface area contributed by atoms with Gasteiger partial charge in [-0.05, 0) is 49.6 Å². The summed E-state index contributed by atoms with van der Waals surface area (Å²) in [5.41, 5.74) is 2.62. The van der Waals surface area contributed by atoms with Crippen LogP contribution in [-0.4, -0.2) is 81.0 Å². The number of aliphatic imine (C=N–C) groups is 1. The number of halogens is 1. The lowest BCUT2D eigenvalue weighted by molar-refractivity contribution is -0.0104. The summed E-state index contributed by atoms with van der Waals surface area (Å²) in [6, 6.07) is 6.42. The molecular weight excluding hydrogens is 511 g/mol. The minimum absolute atomic E-state index is 0. The van der Waals surface area contributed by atoms with E-state index in [0.717, 1.165) is 64.1 Å². The van der Waals surface area contributed by atoms with E-state index in [1.165, 1.54) is 29.1 Å². The maximum absolute atomic E-state index is 5.57. The molecule has 0 bridgehead atoms. The minimum Gasteiger partial charge on any atom is -0.496 e. The molecule has 1 aromatic carbocycles. The number of hydrogen-bond donors (Lipinski definition) is 2. The molecule has 1 atom stereocenters. The summed E-state index contributed by atoms with van der Waals surface area (Å²) in [5.74, 6) is 4.26. The van der Waals surface area contributed by atoms with E-state index < -0.39 is 0 Å². The van der Waals surface area contributed by atoms with Crippen LogP contribution in [0.1, 0.15) is 24.5 Å². The molecule has 0 aliphatic carbocycles. The number of thioether (sulfide) groups is 1. The highest BCUT2D eigenvalue weighted by molar-refractivity contribution is 14.0. The van der Waals surface area contributed by atoms with Gasteiger partial charge in [0.05, 0.1) is 32.4 Å². The van der Waals surface area contributed by atoms with Crippen LogP contribution in [0.3, 0.4) is 0 Å². The van der Waals surface area contributed by atoms with Crippen molar-refractivity contribution in [3.8, 4) is 5.75 Å². The fourth-order valence-electron chi connectivity index (χ4n) is 4.02. The molecule has 30 heavy (non-hydrogen) atoms. The van der Waals surface area contributed by atoms with E-state index in [9.17, 15) is 0 Å². The van der Waals surface area contributed by atoms with Crippen LogP contribution in [0.25, 0.3) is 0 Å². The van der Waals surface area contributed by atoms with Gasteiger partial charge in [0, 0.05) is 31.9 Å². The van der Waals surface area contributed by atoms with Gasteiger partial charge in [-0.25, -0.2) is 0 Å². The predicted octanol–water partition coefficient (Wildman–Crippen LogP) is 2.93. The Morgan fingerprint density at radius 2 is 2.10 bits per heavy atom. The van der Waals surface area contributed by atoms with Gasteiger partial charge in [-0.3, -0.25) is 9.89 Å². The van der Waals surface area contributed by atoms with Crippen LogP contribution < -0.4 is 15.4 Å². The molecule has 170 valence electrons. The van der Waals surface area contributed by atoms with Crippen LogP contribution in [0.4, 0.5) is 0 Å². The summed E-state index contributed by atoms with van der Waals surface area (Å²) in [5, 5.41) is 6.92. The zero-order valence-electron chi connectivity index (χ0n) is 18.5. The molecular formula is C22H37IN4O2S. The third-order valence-electron chi connectivity index (χ3n) is 5.82. The Labute approximate surface area is 203 Å². The standard InChI is InChI=1S/C22H36N4O2S.HI/c1-4-23-21(24-9-7-19-6-5-18(2)20(15-19)27-3)25-16-22(8-14-29-17-22)26-10-12-28-13-11-26;/h5-6,15H,4,7-14,16-17H2,1-3H3,(H2,23,24,25);1H. The van der Waals surface area contributed by atoms with Gasteiger partial charge in [0.25, 0.3) is 0 Å². The van der Waals surface area contributed by atoms with Gasteiger partial charge in [-0.2, -0.15) is 11.8 Å². The number of hydrogen-bond acceptors (Lipinski definition) is 5. The Morgan fingerprint density at radius 1 is 1.30 bits per heavy atom. The highest BCUT2D eigenvalue weighted by Gasteiger charge is 2.40. The number of ether oxygens (including phenoxy) is 2. The Morgan fingerprint density at radius 3 is 2.77 bits per heavy atom. The molecule has 0 aromatic heterocycles. The summed E-state index contributed by atoms with van der Waals surface area (Å²) >= 11 is 2.06. The third kappa shape index (κ3) is 6.90. The second kappa shape index (κ2) is 13.0. The fraction of sp³-hybridized carbons (Fsp3) is 0.682. The number of guanidine groups is 1. The number of nitrogens with zero attached hydrogens (tertiary/aromatic N) is 2. The Kier molecular flexibility index (Phi) is 11.1. The van der Waals surface area contributed by atoms with Crippen molar-refractivity contribution in [1.29, 1.82) is 0 Å². The van der Waals surface area contributed by atoms with Crippen LogP contribution in [0, 0.1) is 6.92 Å². The van der Waals surface area contributed by atoms with Crippen molar-refractivity contribution in [2.24, 2.45) is 4.99 Å². The lowest BCUT2D eigenvalue weighted by Gasteiger charge is -2.42. The van der Waals surface area contributed by atoms with Gasteiger partial charge < -0.3 is 20.1 Å². The number of benzene rings is 1. The van der Waals surface area contributed by atoms with Crippen molar-refractivity contribution in [3.63, 3.8) is 0 Å². The fourth-order valence-corrected chi connectivity index (χ4v) is 5.49. The molecule has 2 heterocycles. The quantitative estimate of drug-likeness (QED) is 0.296. The van der Waals surface area contributed by atoms with Gasteiger partial charge in [0.1, 0.15) is 5.75 Å². The van der Waals surface area contributed by atoms with Gasteiger partial charge >= 0.3 is 0 Å². The maximum atomic E-state index is 5.57. The second-order valence-corrected chi connectivity index (χ2v) is 8.91. The molecule has 3 rings (SSSR count). The second-order valence-electron chi connectivity index (χ2n) is 7.80. The molecule has 2 aliphatic heterocycles. The molecule has 0 radical (unpaired) electrons. The maximum Gasteiger partial charge on any atom is 0.191 e. The van der Waals surface area contributed by atoms with E-state index in [1.807, 2.05) is 0 Å². The summed E-state index contributed by atoms with van der Waals surface area (Å²) in [4.78, 5) is 7.61. The van der Waals surface area contributed by atoms with Gasteiger partial charge in [0.2, 0.25) is 0 Å². The van der Waals surface area contributed by atoms with E-state index in [4.69, 9.17) is 14.5 Å². The van der Waals surface area contributed by atoms with Gasteiger partial charge in [0.15, 0.2) is 5.96 Å². The summed E-state index contributed by atoms with van der Waals surface area (Å²) < 4.78 is 11.0. The minimum atomic E-state index is 0. The first kappa shape index (κ1) is 25.5. The first-order valence-electron chi connectivity index (χ1n) is 10.7. The van der Waals surface area contributed by atoms with Crippen molar-refractivity contribution >= 4 is 41.7 Å². The lowest BCUT2D eigenvalue weighted by Crippen LogP contribution is -2.56. The van der Waals surface area contributed by atoms with E-state index >= 15 is 0 Å². The van der Waals surface area contributed by atoms with E-state index in [0.29, 0.717) is 0 Å². The first-order chi connectivity index (χ1) is 14.2. The van der Waals surface area contributed by atoms with Gasteiger partial charge in [-0.1, -0.05) is 12.1 Å². The monoisotopic (exact) mass is 548 g/mol. The normalized spacial score (nSPS) is 22.4. The van der Waals surface area contributed by atoms with E-state index in [-0.39, 0.29) is 29.5 Å². The molecule has 2 aliphatic rings. The highest BCUT2D eigenvalue weighted by Crippen LogP contribution is 2.34. The number of rotatable bonds is 8. The smallest absolute Gasteiger partial charge is 0.191 e. The third-order valence-corrected chi connectivity index (χ3v) is 7.05. The first-order valence-corrected chi connectivity index (χ1v) is 11.9. The Bertz CT molecular complexity index is 677. The molecule has 0 saturated carbocycles. The van der Waals surface area contributed by atoms with Crippen LogP contribution >= 0.6 is 35.7 Å². The SMILES string of the molecule is CCNC(=NCC1(N2CCOCC2)CCSC1)NCCc1ccc(C)c(OC)c1.I. The molecule has 2 saturated heterocycles. The highest BCUT2D eigenvalue weighted by atomic mass is 127. The molecule has 0 spiro atoms. The predicted molar refractivity (Wildman–Crippen MR) is 138 cm³/mol. The Hall–Kier alpha value is -0.710. The van der Waals surface area contributed by atoms with Crippen molar-refractivity contribution in [2.75, 3.05) is 64.6 Å². The molecule has 0 amide bonds. The molecule has 2 N–H and O–H groups in total. The molecule has 6 nitrogen and oxygen atoms in total. The number of nitrogens with one attached hydrogen (secondary N) is 2. The van der Waals surface area contributed by atoms with Crippen molar-refractivity contribution in [1.82, 2.24) is 15.5 Å². The average Bonchev–Trinajstić information content (AvgIpc) is 3.24. The van der Waals surface area contributed by atoms with Crippen molar-refractivity contribution in [3.05, 3.63) is 29.3 Å². The largest absolute Gasteiger partial charge is 0.496 e. The number of methoxy groups -OCH3 is 1. The van der Waals surface area contributed by atoms with Crippen molar-refractivity contribution in [2.45, 2.75) is 32.2 Å². The molecule has 1 aromatic rings. The van der Waals surface area contributed by atoms with Crippen LogP contribution in [0.15, 0.2) is 23.2 Å². The summed E-state index contributed by atoms with van der Waals surface area (Å²) in [7, 11) is 1.73. The zero-order chi connectivity index (χ0) is 20.5. The van der Waals surface area contributed by atoms with Crippen LogP contribution in [-0.2, 0) is 11.2 Å². The summed E-state index contributed by atoms with van der Waals surface area (Å²) in [6.45, 7) is 10.5. The van der Waals surface area contributed by atoms with Crippen molar-refractivity contribution < 1.29 is 9.47 Å². The molecule has 2 fully saturated rings. The van der Waals surface area contributed by atoms with E-state index in [2.05, 4.69) is 59.3 Å². The topological polar surface area (TPSA) is 58.1 Å². The number of aryl methyl sites for hydroxylation is 1. The lowest BCUT2D eigenvalue weighted by atomic mass is 9.96. The average molecular weight is 549 g/mol. The molecule has 8 heteroatoms. The Balaban J connectivity index is 0.00000320. The number of morpholine rings is 1. The zero-order valence-corrected chi connectivity index (χ0v) is 21.7. The van der Waals surface area contributed by atoms with Crippen LogP contribution in [0.2, 0.25) is 0 Å². The van der Waals surface area contributed by atoms with Crippen LogP contribution in [0.5, 0.6) is 5.75 Å².